The number of hydrogen-bond donors (Lipinski definition) is 1. The van der Waals surface area contributed by atoms with Crippen molar-refractivity contribution in [2.24, 2.45) is 0 Å². The van der Waals surface area contributed by atoms with Crippen molar-refractivity contribution in [3.8, 4) is 22.6 Å². The van der Waals surface area contributed by atoms with Crippen LogP contribution < -0.4 is 9.47 Å². The Labute approximate surface area is 178 Å². The van der Waals surface area contributed by atoms with E-state index in [-0.39, 0.29) is 0 Å². The van der Waals surface area contributed by atoms with Gasteiger partial charge in [0.25, 0.3) is 0 Å². The molecule has 5 nitrogen and oxygen atoms in total. The van der Waals surface area contributed by atoms with E-state index >= 15 is 0 Å². The highest BCUT2D eigenvalue weighted by atomic mass is 32.2. The van der Waals surface area contributed by atoms with Gasteiger partial charge < -0.3 is 14.6 Å². The lowest BCUT2D eigenvalue weighted by Crippen LogP contribution is -2.26. The molecule has 0 spiro atoms. The Balaban J connectivity index is 1.51. The zero-order chi connectivity index (χ0) is 20.9. The first kappa shape index (κ1) is 21.2. The summed E-state index contributed by atoms with van der Waals surface area (Å²) in [5.41, 5.74) is 3.14. The van der Waals surface area contributed by atoms with Crippen molar-refractivity contribution >= 4 is 29.1 Å². The highest BCUT2D eigenvalue weighted by Crippen LogP contribution is 2.34. The van der Waals surface area contributed by atoms with Gasteiger partial charge in [-0.25, -0.2) is 4.98 Å². The monoisotopic (exact) mass is 429 g/mol. The fourth-order valence-electron chi connectivity index (χ4n) is 2.51. The smallest absolute Gasteiger partial charge is 0.319 e. The molecular weight excluding hydrogens is 406 g/mol. The summed E-state index contributed by atoms with van der Waals surface area (Å²) in [6.45, 7) is 3.87. The summed E-state index contributed by atoms with van der Waals surface area (Å²) < 4.78 is 10.9. The Morgan fingerprint density at radius 2 is 1.66 bits per heavy atom. The lowest BCUT2D eigenvalue weighted by molar-refractivity contribution is -0.138. The highest BCUT2D eigenvalue weighted by molar-refractivity contribution is 8.02. The minimum Gasteiger partial charge on any atom is -0.497 e. The second-order valence-corrected chi connectivity index (χ2v) is 9.60. The third-order valence-electron chi connectivity index (χ3n) is 4.29. The summed E-state index contributed by atoms with van der Waals surface area (Å²) in [7, 11) is 1.66. The van der Waals surface area contributed by atoms with Gasteiger partial charge in [0.1, 0.15) is 16.2 Å². The van der Waals surface area contributed by atoms with Gasteiger partial charge in [0.05, 0.1) is 19.4 Å². The van der Waals surface area contributed by atoms with Crippen LogP contribution in [-0.4, -0.2) is 34.5 Å². The maximum atomic E-state index is 11.2. The number of aliphatic carboxylic acids is 1. The topological polar surface area (TPSA) is 68.7 Å². The fraction of sp³-hybridized carbons (Fsp3) is 0.273. The van der Waals surface area contributed by atoms with Crippen LogP contribution in [0.3, 0.4) is 0 Å². The van der Waals surface area contributed by atoms with Gasteiger partial charge in [-0.15, -0.1) is 11.3 Å². The molecular formula is C22H23NO4S2. The van der Waals surface area contributed by atoms with Crippen LogP contribution in [0.15, 0.2) is 58.3 Å². The van der Waals surface area contributed by atoms with Crippen LogP contribution in [-0.2, 0) is 11.2 Å². The molecule has 0 radical (unpaired) electrons. The number of carboxylic acid groups (broad SMARTS) is 1. The van der Waals surface area contributed by atoms with E-state index in [0.717, 1.165) is 32.7 Å². The van der Waals surface area contributed by atoms with E-state index in [2.05, 4.69) is 4.98 Å². The number of hydrogen-bond acceptors (Lipinski definition) is 6. The number of benzene rings is 2. The van der Waals surface area contributed by atoms with E-state index in [1.54, 1.807) is 21.0 Å². The Morgan fingerprint density at radius 1 is 1.07 bits per heavy atom. The summed E-state index contributed by atoms with van der Waals surface area (Å²) in [5.74, 6) is 0.795. The maximum absolute atomic E-state index is 11.2. The molecule has 0 aliphatic carbocycles. The van der Waals surface area contributed by atoms with Gasteiger partial charge in [-0.05, 0) is 49.2 Å². The normalized spacial score (nSPS) is 11.3. The standard InChI is InChI=1S/C22H23NO4S2/c1-22(2,20(24)25)29-21-23-17(14-28-21)12-13-27-19-10-6-16(7-11-19)15-4-8-18(26-3)9-5-15/h4-11,14H,12-13H2,1-3H3,(H,24,25). The predicted molar refractivity (Wildman–Crippen MR) is 117 cm³/mol. The largest absolute Gasteiger partial charge is 0.497 e. The first-order chi connectivity index (χ1) is 13.9. The number of rotatable bonds is 9. The van der Waals surface area contributed by atoms with Crippen LogP contribution in [0.1, 0.15) is 19.5 Å². The number of methoxy groups -OCH3 is 1. The minimum absolute atomic E-state index is 0.512. The summed E-state index contributed by atoms with van der Waals surface area (Å²) in [6.07, 6.45) is 0.671. The second kappa shape index (κ2) is 9.33. The zero-order valence-corrected chi connectivity index (χ0v) is 18.2. The Kier molecular flexibility index (Phi) is 6.82. The average molecular weight is 430 g/mol. The summed E-state index contributed by atoms with van der Waals surface area (Å²) >= 11 is 2.73. The number of thioether (sulfide) groups is 1. The van der Waals surface area contributed by atoms with E-state index in [1.165, 1.54) is 23.1 Å². The molecule has 1 aromatic heterocycles. The number of aromatic nitrogens is 1. The van der Waals surface area contributed by atoms with Crippen LogP contribution in [0.4, 0.5) is 0 Å². The molecule has 0 aliphatic heterocycles. The number of carbonyl (C=O) groups is 1. The van der Waals surface area contributed by atoms with Crippen molar-refractivity contribution in [3.05, 3.63) is 59.6 Å². The van der Waals surface area contributed by atoms with E-state index in [1.807, 2.05) is 53.9 Å². The molecule has 0 bridgehead atoms. The zero-order valence-electron chi connectivity index (χ0n) is 16.5. The highest BCUT2D eigenvalue weighted by Gasteiger charge is 2.29. The van der Waals surface area contributed by atoms with E-state index in [0.29, 0.717) is 13.0 Å². The van der Waals surface area contributed by atoms with E-state index in [4.69, 9.17) is 9.47 Å². The molecule has 0 fully saturated rings. The van der Waals surface area contributed by atoms with Crippen molar-refractivity contribution < 1.29 is 19.4 Å². The van der Waals surface area contributed by atoms with Crippen molar-refractivity contribution in [2.45, 2.75) is 29.4 Å². The molecule has 1 N–H and O–H groups in total. The molecule has 3 aromatic rings. The molecule has 0 unspecified atom stereocenters. The predicted octanol–water partition coefficient (Wildman–Crippen LogP) is 5.40. The quantitative estimate of drug-likeness (QED) is 0.460. The average Bonchev–Trinajstić information content (AvgIpc) is 3.15. The number of nitrogens with zero attached hydrogens (tertiary/aromatic N) is 1. The third kappa shape index (κ3) is 5.74. The molecule has 0 aliphatic rings. The van der Waals surface area contributed by atoms with Crippen LogP contribution in [0.2, 0.25) is 0 Å². The molecule has 0 saturated carbocycles. The van der Waals surface area contributed by atoms with Gasteiger partial charge in [0.2, 0.25) is 0 Å². The molecule has 1 heterocycles. The second-order valence-electron chi connectivity index (χ2n) is 6.87. The summed E-state index contributed by atoms with van der Waals surface area (Å²) in [4.78, 5) is 15.7. The Bertz CT molecular complexity index is 950. The van der Waals surface area contributed by atoms with Crippen molar-refractivity contribution in [1.29, 1.82) is 0 Å². The van der Waals surface area contributed by atoms with Gasteiger partial charge >= 0.3 is 5.97 Å². The van der Waals surface area contributed by atoms with Crippen molar-refractivity contribution in [1.82, 2.24) is 4.98 Å². The molecule has 3 rings (SSSR count). The van der Waals surface area contributed by atoms with E-state index < -0.39 is 10.7 Å². The molecule has 0 saturated heterocycles. The third-order valence-corrected chi connectivity index (χ3v) is 6.47. The van der Waals surface area contributed by atoms with Gasteiger partial charge in [-0.2, -0.15) is 0 Å². The van der Waals surface area contributed by atoms with E-state index in [9.17, 15) is 9.90 Å². The maximum Gasteiger partial charge on any atom is 0.319 e. The van der Waals surface area contributed by atoms with Gasteiger partial charge in [-0.1, -0.05) is 36.0 Å². The first-order valence-corrected chi connectivity index (χ1v) is 10.8. The number of thiazole rings is 1. The molecule has 0 amide bonds. The van der Waals surface area contributed by atoms with Gasteiger partial charge in [-0.3, -0.25) is 4.79 Å². The molecule has 7 heteroatoms. The van der Waals surface area contributed by atoms with Gasteiger partial charge in [0.15, 0.2) is 4.34 Å². The molecule has 2 aromatic carbocycles. The molecule has 152 valence electrons. The van der Waals surface area contributed by atoms with Gasteiger partial charge in [0, 0.05) is 11.8 Å². The molecule has 0 atom stereocenters. The Hall–Kier alpha value is -2.51. The fourth-order valence-corrected chi connectivity index (χ4v) is 4.74. The number of carboxylic acids is 1. The summed E-state index contributed by atoms with van der Waals surface area (Å²) in [6, 6.07) is 15.9. The van der Waals surface area contributed by atoms with Crippen LogP contribution >= 0.6 is 23.1 Å². The van der Waals surface area contributed by atoms with Crippen molar-refractivity contribution in [3.63, 3.8) is 0 Å². The Morgan fingerprint density at radius 3 is 2.21 bits per heavy atom. The van der Waals surface area contributed by atoms with Crippen LogP contribution in [0.25, 0.3) is 11.1 Å². The van der Waals surface area contributed by atoms with Crippen molar-refractivity contribution in [2.75, 3.05) is 13.7 Å². The SMILES string of the molecule is COc1ccc(-c2ccc(OCCc3csc(SC(C)(C)C(=O)O)n3)cc2)cc1. The lowest BCUT2D eigenvalue weighted by Gasteiger charge is -2.15. The van der Waals surface area contributed by atoms with Crippen LogP contribution in [0.5, 0.6) is 11.5 Å². The first-order valence-electron chi connectivity index (χ1n) is 9.11. The summed E-state index contributed by atoms with van der Waals surface area (Å²) in [5, 5.41) is 11.2. The lowest BCUT2D eigenvalue weighted by atomic mass is 10.1. The number of ether oxygens (including phenoxy) is 2. The molecule has 29 heavy (non-hydrogen) atoms. The van der Waals surface area contributed by atoms with Crippen LogP contribution in [0, 0.1) is 0 Å². The minimum atomic E-state index is -0.892.